The molecular weight excluding hydrogens is 304 g/mol. The predicted octanol–water partition coefficient (Wildman–Crippen LogP) is 2.91. The summed E-state index contributed by atoms with van der Waals surface area (Å²) < 4.78 is 37.5. The van der Waals surface area contributed by atoms with Crippen LogP contribution in [0.4, 0.5) is 0 Å². The van der Waals surface area contributed by atoms with Crippen molar-refractivity contribution in [1.29, 1.82) is 0 Å². The van der Waals surface area contributed by atoms with Gasteiger partial charge in [-0.25, -0.2) is 4.79 Å². The van der Waals surface area contributed by atoms with Crippen LogP contribution >= 0.6 is 0 Å². The molecule has 0 radical (unpaired) electrons. The summed E-state index contributed by atoms with van der Waals surface area (Å²) in [5.41, 5.74) is 1.63. The minimum Gasteiger partial charge on any atom is -0.457 e. The van der Waals surface area contributed by atoms with Crippen molar-refractivity contribution < 1.29 is 22.5 Å². The molecule has 0 atom stereocenters. The van der Waals surface area contributed by atoms with Crippen LogP contribution in [-0.2, 0) is 21.5 Å². The van der Waals surface area contributed by atoms with Crippen LogP contribution in [0.2, 0.25) is 0 Å². The zero-order valence-corrected chi connectivity index (χ0v) is 13.1. The molecule has 2 aromatic rings. The smallest absolute Gasteiger partial charge is 0.339 e. The maximum absolute atomic E-state index is 12.2. The molecule has 0 spiro atoms. The van der Waals surface area contributed by atoms with E-state index < -0.39 is 21.0 Å². The van der Waals surface area contributed by atoms with Gasteiger partial charge in [-0.15, -0.1) is 0 Å². The lowest BCUT2D eigenvalue weighted by atomic mass is 10.1. The highest BCUT2D eigenvalue weighted by Crippen LogP contribution is 2.23. The van der Waals surface area contributed by atoms with E-state index in [0.717, 1.165) is 5.56 Å². The molecule has 1 N–H and O–H groups in total. The fourth-order valence-electron chi connectivity index (χ4n) is 2.25. The van der Waals surface area contributed by atoms with Crippen LogP contribution in [-0.4, -0.2) is 18.9 Å². The van der Waals surface area contributed by atoms with E-state index >= 15 is 0 Å². The Morgan fingerprint density at radius 2 is 1.77 bits per heavy atom. The third-order valence-corrected chi connectivity index (χ3v) is 4.17. The second-order valence-electron chi connectivity index (χ2n) is 5.00. The minimum atomic E-state index is -4.51. The zero-order chi connectivity index (χ0) is 16.3. The van der Waals surface area contributed by atoms with Crippen molar-refractivity contribution in [3.8, 4) is 0 Å². The van der Waals surface area contributed by atoms with Gasteiger partial charge in [0.25, 0.3) is 10.1 Å². The van der Waals surface area contributed by atoms with Crippen molar-refractivity contribution in [2.75, 3.05) is 0 Å². The van der Waals surface area contributed by atoms with E-state index in [4.69, 9.17) is 4.74 Å². The number of aryl methyl sites for hydroxylation is 2. The molecular formula is C16H16O5S. The van der Waals surface area contributed by atoms with Gasteiger partial charge in [0.1, 0.15) is 11.5 Å². The van der Waals surface area contributed by atoms with E-state index in [1.165, 1.54) is 13.0 Å². The zero-order valence-electron chi connectivity index (χ0n) is 12.2. The SMILES string of the molecule is Cc1cc(C)c(S(=O)(=O)O)c(C(=O)OCc2ccccc2)c1. The van der Waals surface area contributed by atoms with Gasteiger partial charge in [0, 0.05) is 0 Å². The lowest BCUT2D eigenvalue weighted by molar-refractivity contribution is 0.0467. The first kappa shape index (κ1) is 16.2. The quantitative estimate of drug-likeness (QED) is 0.692. The molecule has 0 aliphatic rings. The molecule has 0 saturated carbocycles. The molecule has 0 aromatic heterocycles. The third-order valence-electron chi connectivity index (χ3n) is 3.11. The first-order chi connectivity index (χ1) is 10.3. The highest BCUT2D eigenvalue weighted by atomic mass is 32.2. The highest BCUT2D eigenvalue weighted by Gasteiger charge is 2.24. The number of esters is 1. The van der Waals surface area contributed by atoms with E-state index in [1.54, 1.807) is 25.1 Å². The number of rotatable bonds is 4. The number of benzene rings is 2. The summed E-state index contributed by atoms with van der Waals surface area (Å²) in [5.74, 6) is -0.789. The van der Waals surface area contributed by atoms with Crippen molar-refractivity contribution in [2.45, 2.75) is 25.3 Å². The van der Waals surface area contributed by atoms with Crippen LogP contribution in [0.1, 0.15) is 27.0 Å². The molecule has 0 fully saturated rings. The monoisotopic (exact) mass is 320 g/mol. The van der Waals surface area contributed by atoms with Gasteiger partial charge in [-0.1, -0.05) is 36.4 Å². The van der Waals surface area contributed by atoms with Crippen molar-refractivity contribution in [3.05, 3.63) is 64.7 Å². The van der Waals surface area contributed by atoms with E-state index in [1.807, 2.05) is 18.2 Å². The van der Waals surface area contributed by atoms with Crippen LogP contribution in [0, 0.1) is 13.8 Å². The number of hydrogen-bond acceptors (Lipinski definition) is 4. The van der Waals surface area contributed by atoms with Crippen molar-refractivity contribution in [2.24, 2.45) is 0 Å². The molecule has 0 aliphatic carbocycles. The topological polar surface area (TPSA) is 80.7 Å². The van der Waals surface area contributed by atoms with Gasteiger partial charge in [-0.05, 0) is 36.6 Å². The van der Waals surface area contributed by atoms with Gasteiger partial charge in [0.2, 0.25) is 0 Å². The van der Waals surface area contributed by atoms with Crippen LogP contribution in [0.25, 0.3) is 0 Å². The molecule has 0 unspecified atom stereocenters. The minimum absolute atomic E-state index is 0.0254. The summed E-state index contributed by atoms with van der Waals surface area (Å²) in [6.07, 6.45) is 0. The van der Waals surface area contributed by atoms with E-state index in [0.29, 0.717) is 11.1 Å². The molecule has 6 heteroatoms. The second kappa shape index (κ2) is 6.29. The highest BCUT2D eigenvalue weighted by molar-refractivity contribution is 7.86. The molecule has 0 aliphatic heterocycles. The lowest BCUT2D eigenvalue weighted by Crippen LogP contribution is -2.13. The molecule has 2 rings (SSSR count). The van der Waals surface area contributed by atoms with Gasteiger partial charge in [-0.3, -0.25) is 4.55 Å². The Balaban J connectivity index is 2.33. The number of carbonyl (C=O) groups is 1. The van der Waals surface area contributed by atoms with Gasteiger partial charge < -0.3 is 4.74 Å². The largest absolute Gasteiger partial charge is 0.457 e. The van der Waals surface area contributed by atoms with Crippen LogP contribution in [0.5, 0.6) is 0 Å². The van der Waals surface area contributed by atoms with Crippen molar-refractivity contribution >= 4 is 16.1 Å². The summed E-state index contributed by atoms with van der Waals surface area (Å²) in [6.45, 7) is 3.27. The van der Waals surface area contributed by atoms with Gasteiger partial charge >= 0.3 is 5.97 Å². The Morgan fingerprint density at radius 3 is 2.36 bits per heavy atom. The van der Waals surface area contributed by atoms with Gasteiger partial charge in [0.05, 0.1) is 5.56 Å². The molecule has 0 amide bonds. The lowest BCUT2D eigenvalue weighted by Gasteiger charge is -2.11. The average molecular weight is 320 g/mol. The van der Waals surface area contributed by atoms with E-state index in [9.17, 15) is 17.8 Å². The van der Waals surface area contributed by atoms with Crippen molar-refractivity contribution in [3.63, 3.8) is 0 Å². The number of carbonyl (C=O) groups excluding carboxylic acids is 1. The standard InChI is InChI=1S/C16H16O5S/c1-11-8-12(2)15(22(18,19)20)14(9-11)16(17)21-10-13-6-4-3-5-7-13/h3-9H,10H2,1-2H3,(H,18,19,20). The summed E-state index contributed by atoms with van der Waals surface area (Å²) in [6, 6.07) is 12.0. The average Bonchev–Trinajstić information content (AvgIpc) is 2.43. The Labute approximate surface area is 129 Å². The second-order valence-corrected chi connectivity index (χ2v) is 6.35. The van der Waals surface area contributed by atoms with Crippen LogP contribution < -0.4 is 0 Å². The Bertz CT molecular complexity index is 795. The fourth-order valence-corrected chi connectivity index (χ4v) is 3.14. The Hall–Kier alpha value is -2.18. The van der Waals surface area contributed by atoms with E-state index in [-0.39, 0.29) is 12.2 Å². The first-order valence-electron chi connectivity index (χ1n) is 6.59. The fraction of sp³-hybridized carbons (Fsp3) is 0.188. The molecule has 5 nitrogen and oxygen atoms in total. The van der Waals surface area contributed by atoms with E-state index in [2.05, 4.69) is 0 Å². The molecule has 116 valence electrons. The molecule has 22 heavy (non-hydrogen) atoms. The normalized spacial score (nSPS) is 11.2. The predicted molar refractivity (Wildman–Crippen MR) is 81.3 cm³/mol. The van der Waals surface area contributed by atoms with Crippen molar-refractivity contribution in [1.82, 2.24) is 0 Å². The first-order valence-corrected chi connectivity index (χ1v) is 8.03. The number of ether oxygens (including phenoxy) is 1. The summed E-state index contributed by atoms with van der Waals surface area (Å²) in [7, 11) is -4.51. The molecule has 0 bridgehead atoms. The summed E-state index contributed by atoms with van der Waals surface area (Å²) >= 11 is 0. The Morgan fingerprint density at radius 1 is 1.14 bits per heavy atom. The Kier molecular flexibility index (Phi) is 4.63. The van der Waals surface area contributed by atoms with Gasteiger partial charge in [-0.2, -0.15) is 8.42 Å². The maximum atomic E-state index is 12.2. The third kappa shape index (κ3) is 3.72. The molecule has 0 saturated heterocycles. The van der Waals surface area contributed by atoms with Crippen LogP contribution in [0.15, 0.2) is 47.4 Å². The summed E-state index contributed by atoms with van der Waals surface area (Å²) in [4.78, 5) is 11.8. The maximum Gasteiger partial charge on any atom is 0.339 e. The number of hydrogen-bond donors (Lipinski definition) is 1. The summed E-state index contributed by atoms with van der Waals surface area (Å²) in [5, 5.41) is 0. The molecule has 2 aromatic carbocycles. The van der Waals surface area contributed by atoms with Gasteiger partial charge in [0.15, 0.2) is 0 Å². The molecule has 0 heterocycles. The van der Waals surface area contributed by atoms with Crippen LogP contribution in [0.3, 0.4) is 0 Å².